The van der Waals surface area contributed by atoms with Crippen LogP contribution in [0.5, 0.6) is 0 Å². The molecule has 2 N–H and O–H groups in total. The maximum absolute atomic E-state index is 6.09. The zero-order valence-electron chi connectivity index (χ0n) is 11.7. The molecule has 0 aromatic heterocycles. The molecule has 0 spiro atoms. The largest absolute Gasteiger partial charge is 0.381 e. The topological polar surface area (TPSA) is 38.5 Å². The van der Waals surface area contributed by atoms with Gasteiger partial charge in [-0.1, -0.05) is 13.8 Å². The maximum atomic E-state index is 6.09. The number of hydrogen-bond acceptors (Lipinski definition) is 3. The second kappa shape index (κ2) is 4.87. The lowest BCUT2D eigenvalue weighted by Gasteiger charge is -2.49. The van der Waals surface area contributed by atoms with E-state index < -0.39 is 0 Å². The monoisotopic (exact) mass is 240 g/mol. The second-order valence-electron chi connectivity index (χ2n) is 6.77. The molecule has 17 heavy (non-hydrogen) atoms. The molecule has 2 fully saturated rings. The van der Waals surface area contributed by atoms with E-state index in [9.17, 15) is 0 Å². The molecule has 2 heterocycles. The van der Waals surface area contributed by atoms with E-state index in [1.165, 1.54) is 32.4 Å². The number of likely N-dealkylation sites (tertiary alicyclic amines) is 1. The van der Waals surface area contributed by atoms with Crippen molar-refractivity contribution in [1.82, 2.24) is 4.90 Å². The lowest BCUT2D eigenvalue weighted by atomic mass is 9.77. The molecule has 0 aromatic rings. The summed E-state index contributed by atoms with van der Waals surface area (Å²) < 4.78 is 5.55. The molecule has 2 atom stereocenters. The van der Waals surface area contributed by atoms with Crippen LogP contribution in [-0.4, -0.2) is 43.3 Å². The molecule has 2 unspecified atom stereocenters. The van der Waals surface area contributed by atoms with Gasteiger partial charge in [-0.3, -0.25) is 4.90 Å². The number of nitrogens with two attached hydrogens (primary N) is 1. The van der Waals surface area contributed by atoms with Crippen LogP contribution >= 0.6 is 0 Å². The Bertz CT molecular complexity index is 251. The van der Waals surface area contributed by atoms with E-state index in [4.69, 9.17) is 10.5 Å². The highest BCUT2D eigenvalue weighted by molar-refractivity contribution is 4.97. The third-order valence-corrected chi connectivity index (χ3v) is 5.06. The minimum absolute atomic E-state index is 0.146. The zero-order chi connectivity index (χ0) is 12.5. The Morgan fingerprint density at radius 1 is 1.35 bits per heavy atom. The molecule has 2 rings (SSSR count). The Kier molecular flexibility index (Phi) is 3.81. The molecule has 0 saturated carbocycles. The van der Waals surface area contributed by atoms with Gasteiger partial charge in [-0.15, -0.1) is 0 Å². The molecular formula is C14H28N2O. The van der Waals surface area contributed by atoms with Gasteiger partial charge in [0, 0.05) is 24.6 Å². The van der Waals surface area contributed by atoms with Crippen molar-refractivity contribution in [2.45, 2.75) is 45.6 Å². The number of piperidine rings is 1. The Morgan fingerprint density at radius 2 is 2.00 bits per heavy atom. The number of rotatable bonds is 3. The molecule has 2 aliphatic heterocycles. The van der Waals surface area contributed by atoms with Crippen molar-refractivity contribution in [2.75, 3.05) is 32.8 Å². The standard InChI is InChI=1S/C14H28N2O/c1-13(2)5-7-16(8-6-13)14(3,11-15)12-4-9-17-10-12/h12H,4-11,15H2,1-3H3. The van der Waals surface area contributed by atoms with Gasteiger partial charge in [-0.05, 0) is 44.7 Å². The van der Waals surface area contributed by atoms with Gasteiger partial charge in [0.05, 0.1) is 6.61 Å². The normalized spacial score (nSPS) is 33.5. The summed E-state index contributed by atoms with van der Waals surface area (Å²) in [6.07, 6.45) is 3.75. The zero-order valence-corrected chi connectivity index (χ0v) is 11.7. The molecule has 2 aliphatic rings. The van der Waals surface area contributed by atoms with Crippen LogP contribution in [0.1, 0.15) is 40.0 Å². The molecule has 0 radical (unpaired) electrons. The minimum Gasteiger partial charge on any atom is -0.381 e. The maximum Gasteiger partial charge on any atom is 0.0513 e. The molecule has 100 valence electrons. The van der Waals surface area contributed by atoms with Crippen LogP contribution in [0.3, 0.4) is 0 Å². The minimum atomic E-state index is 0.146. The van der Waals surface area contributed by atoms with Gasteiger partial charge in [0.25, 0.3) is 0 Å². The summed E-state index contributed by atoms with van der Waals surface area (Å²) >= 11 is 0. The van der Waals surface area contributed by atoms with Crippen LogP contribution < -0.4 is 5.73 Å². The van der Waals surface area contributed by atoms with Gasteiger partial charge >= 0.3 is 0 Å². The van der Waals surface area contributed by atoms with Crippen molar-refractivity contribution < 1.29 is 4.74 Å². The first-order valence-corrected chi connectivity index (χ1v) is 7.01. The summed E-state index contributed by atoms with van der Waals surface area (Å²) in [4.78, 5) is 2.62. The van der Waals surface area contributed by atoms with Crippen molar-refractivity contribution in [3.8, 4) is 0 Å². The second-order valence-corrected chi connectivity index (χ2v) is 6.77. The fourth-order valence-electron chi connectivity index (χ4n) is 3.20. The third kappa shape index (κ3) is 2.67. The highest BCUT2D eigenvalue weighted by atomic mass is 16.5. The summed E-state index contributed by atoms with van der Waals surface area (Å²) in [7, 11) is 0. The summed E-state index contributed by atoms with van der Waals surface area (Å²) in [5.41, 5.74) is 6.75. The first-order chi connectivity index (χ1) is 7.98. The van der Waals surface area contributed by atoms with E-state index in [1.807, 2.05) is 0 Å². The van der Waals surface area contributed by atoms with E-state index in [2.05, 4.69) is 25.7 Å². The summed E-state index contributed by atoms with van der Waals surface area (Å²) in [6, 6.07) is 0. The number of ether oxygens (including phenoxy) is 1. The molecule has 0 aliphatic carbocycles. The molecule has 3 nitrogen and oxygen atoms in total. The van der Waals surface area contributed by atoms with Crippen LogP contribution in [0.2, 0.25) is 0 Å². The van der Waals surface area contributed by atoms with Crippen molar-refractivity contribution in [2.24, 2.45) is 17.1 Å². The van der Waals surface area contributed by atoms with E-state index >= 15 is 0 Å². The van der Waals surface area contributed by atoms with Crippen LogP contribution in [0.15, 0.2) is 0 Å². The van der Waals surface area contributed by atoms with Crippen LogP contribution in [0, 0.1) is 11.3 Å². The van der Waals surface area contributed by atoms with Crippen LogP contribution in [0.4, 0.5) is 0 Å². The van der Waals surface area contributed by atoms with Crippen LogP contribution in [-0.2, 0) is 4.74 Å². The predicted octanol–water partition coefficient (Wildman–Crippen LogP) is 1.86. The quantitative estimate of drug-likeness (QED) is 0.818. The fourth-order valence-corrected chi connectivity index (χ4v) is 3.20. The van der Waals surface area contributed by atoms with Gasteiger partial charge in [0.2, 0.25) is 0 Å². The smallest absolute Gasteiger partial charge is 0.0513 e. The molecule has 3 heteroatoms. The number of hydrogen-bond donors (Lipinski definition) is 1. The Balaban J connectivity index is 2.03. The third-order valence-electron chi connectivity index (χ3n) is 5.06. The highest BCUT2D eigenvalue weighted by Crippen LogP contribution is 2.37. The van der Waals surface area contributed by atoms with E-state index in [0.717, 1.165) is 19.8 Å². The van der Waals surface area contributed by atoms with Crippen molar-refractivity contribution in [3.05, 3.63) is 0 Å². The lowest BCUT2D eigenvalue weighted by Crippen LogP contribution is -2.59. The van der Waals surface area contributed by atoms with Gasteiger partial charge in [-0.2, -0.15) is 0 Å². The molecular weight excluding hydrogens is 212 g/mol. The van der Waals surface area contributed by atoms with Crippen molar-refractivity contribution >= 4 is 0 Å². The first kappa shape index (κ1) is 13.3. The fraction of sp³-hybridized carbons (Fsp3) is 1.00. The highest BCUT2D eigenvalue weighted by Gasteiger charge is 2.42. The SMILES string of the molecule is CC1(C)CCN(C(C)(CN)C2CCOC2)CC1. The summed E-state index contributed by atoms with van der Waals surface area (Å²) in [5.74, 6) is 0.619. The van der Waals surface area contributed by atoms with Crippen molar-refractivity contribution in [1.29, 1.82) is 0 Å². The Labute approximate surface area is 106 Å². The molecule has 0 bridgehead atoms. The molecule has 0 aromatic carbocycles. The van der Waals surface area contributed by atoms with Gasteiger partial charge < -0.3 is 10.5 Å². The molecule has 2 saturated heterocycles. The van der Waals surface area contributed by atoms with E-state index in [-0.39, 0.29) is 5.54 Å². The number of nitrogens with zero attached hydrogens (tertiary/aromatic N) is 1. The predicted molar refractivity (Wildman–Crippen MR) is 71.0 cm³/mol. The average Bonchev–Trinajstić information content (AvgIpc) is 2.82. The van der Waals surface area contributed by atoms with Crippen LogP contribution in [0.25, 0.3) is 0 Å². The van der Waals surface area contributed by atoms with Crippen molar-refractivity contribution in [3.63, 3.8) is 0 Å². The van der Waals surface area contributed by atoms with Gasteiger partial charge in [-0.25, -0.2) is 0 Å². The van der Waals surface area contributed by atoms with E-state index in [0.29, 0.717) is 11.3 Å². The Hall–Kier alpha value is -0.120. The summed E-state index contributed by atoms with van der Waals surface area (Å²) in [6.45, 7) is 12.0. The average molecular weight is 240 g/mol. The first-order valence-electron chi connectivity index (χ1n) is 7.01. The summed E-state index contributed by atoms with van der Waals surface area (Å²) in [5, 5.41) is 0. The van der Waals surface area contributed by atoms with E-state index in [1.54, 1.807) is 0 Å². The van der Waals surface area contributed by atoms with Gasteiger partial charge in [0.15, 0.2) is 0 Å². The molecule has 0 amide bonds. The van der Waals surface area contributed by atoms with Gasteiger partial charge in [0.1, 0.15) is 0 Å². The lowest BCUT2D eigenvalue weighted by molar-refractivity contribution is 0.00302. The Morgan fingerprint density at radius 3 is 2.47 bits per heavy atom.